The van der Waals surface area contributed by atoms with Gasteiger partial charge in [0.15, 0.2) is 11.5 Å². The summed E-state index contributed by atoms with van der Waals surface area (Å²) in [6, 6.07) is 4.26. The van der Waals surface area contributed by atoms with Crippen LogP contribution in [0.4, 0.5) is 0 Å². The fourth-order valence-electron chi connectivity index (χ4n) is 1.86. The molecule has 1 aliphatic rings. The zero-order chi connectivity index (χ0) is 13.1. The van der Waals surface area contributed by atoms with E-state index in [1.54, 1.807) is 12.1 Å². The van der Waals surface area contributed by atoms with Gasteiger partial charge in [0.1, 0.15) is 6.04 Å². The van der Waals surface area contributed by atoms with Gasteiger partial charge in [-0.3, -0.25) is 4.79 Å². The molecule has 0 bridgehead atoms. The van der Waals surface area contributed by atoms with Crippen molar-refractivity contribution in [1.82, 2.24) is 5.32 Å². The molecule has 2 rings (SSSR count). The van der Waals surface area contributed by atoms with E-state index in [0.717, 1.165) is 6.54 Å². The number of aromatic hydroxyl groups is 1. The smallest absolute Gasteiger partial charge is 0.239 e. The summed E-state index contributed by atoms with van der Waals surface area (Å²) in [7, 11) is 1.47. The number of carbonyl (C=O) groups excluding carboxylic acids is 1. The van der Waals surface area contributed by atoms with E-state index in [-0.39, 0.29) is 5.75 Å². The fraction of sp³-hybridized carbons (Fsp3) is 0.462. The summed E-state index contributed by atoms with van der Waals surface area (Å²) < 4.78 is 5.02. The maximum absolute atomic E-state index is 11.5. The number of hydrogen-bond donors (Lipinski definition) is 3. The molecule has 0 saturated heterocycles. The van der Waals surface area contributed by atoms with Crippen molar-refractivity contribution in [3.05, 3.63) is 23.8 Å². The number of carbonyl (C=O) groups is 1. The van der Waals surface area contributed by atoms with Gasteiger partial charge in [-0.15, -0.1) is 0 Å². The van der Waals surface area contributed by atoms with E-state index in [9.17, 15) is 9.90 Å². The standard InChI is InChI=1S/C13H18N2O3/c1-18-11-6-9(4-5-10(11)16)12(13(14)17)15-7-8-2-3-8/h4-6,8,12,15-16H,2-3,7H2,1H3,(H2,14,17). The topological polar surface area (TPSA) is 84.6 Å². The van der Waals surface area contributed by atoms with Crippen LogP contribution in [0, 0.1) is 5.92 Å². The van der Waals surface area contributed by atoms with Crippen LogP contribution in [-0.2, 0) is 4.79 Å². The fourth-order valence-corrected chi connectivity index (χ4v) is 1.86. The van der Waals surface area contributed by atoms with E-state index in [1.165, 1.54) is 26.0 Å². The van der Waals surface area contributed by atoms with Crippen molar-refractivity contribution in [3.63, 3.8) is 0 Å². The number of phenolic OH excluding ortho intramolecular Hbond substituents is 1. The Morgan fingerprint density at radius 2 is 2.33 bits per heavy atom. The third-order valence-electron chi connectivity index (χ3n) is 3.13. The summed E-state index contributed by atoms with van der Waals surface area (Å²) >= 11 is 0. The molecule has 1 aromatic rings. The van der Waals surface area contributed by atoms with Crippen LogP contribution in [0.25, 0.3) is 0 Å². The summed E-state index contributed by atoms with van der Waals surface area (Å²) in [6.45, 7) is 0.788. The van der Waals surface area contributed by atoms with Crippen LogP contribution in [0.3, 0.4) is 0 Å². The van der Waals surface area contributed by atoms with Gasteiger partial charge in [0.25, 0.3) is 0 Å². The highest BCUT2D eigenvalue weighted by atomic mass is 16.5. The first kappa shape index (κ1) is 12.7. The number of nitrogens with two attached hydrogens (primary N) is 1. The number of ether oxygens (including phenoxy) is 1. The Labute approximate surface area is 106 Å². The number of methoxy groups -OCH3 is 1. The van der Waals surface area contributed by atoms with Gasteiger partial charge in [0, 0.05) is 0 Å². The molecule has 1 saturated carbocycles. The molecular formula is C13H18N2O3. The first-order valence-electron chi connectivity index (χ1n) is 6.01. The highest BCUT2D eigenvalue weighted by molar-refractivity contribution is 5.81. The number of benzene rings is 1. The van der Waals surface area contributed by atoms with Crippen LogP contribution in [0.2, 0.25) is 0 Å². The van der Waals surface area contributed by atoms with Gasteiger partial charge in [-0.25, -0.2) is 0 Å². The van der Waals surface area contributed by atoms with Crippen molar-refractivity contribution in [3.8, 4) is 11.5 Å². The van der Waals surface area contributed by atoms with Gasteiger partial charge in [-0.1, -0.05) is 6.07 Å². The quantitative estimate of drug-likeness (QED) is 0.701. The molecule has 1 aliphatic carbocycles. The molecule has 1 fully saturated rings. The second kappa shape index (κ2) is 5.27. The molecule has 4 N–H and O–H groups in total. The Balaban J connectivity index is 2.15. The van der Waals surface area contributed by atoms with Crippen LogP contribution in [-0.4, -0.2) is 24.7 Å². The largest absolute Gasteiger partial charge is 0.504 e. The maximum Gasteiger partial charge on any atom is 0.239 e. The van der Waals surface area contributed by atoms with Crippen molar-refractivity contribution in [2.24, 2.45) is 11.7 Å². The van der Waals surface area contributed by atoms with Gasteiger partial charge in [-0.05, 0) is 43.0 Å². The van der Waals surface area contributed by atoms with Gasteiger partial charge in [-0.2, -0.15) is 0 Å². The monoisotopic (exact) mass is 250 g/mol. The van der Waals surface area contributed by atoms with E-state index in [2.05, 4.69) is 5.32 Å². The van der Waals surface area contributed by atoms with E-state index in [0.29, 0.717) is 17.2 Å². The van der Waals surface area contributed by atoms with Crippen molar-refractivity contribution < 1.29 is 14.6 Å². The molecule has 1 atom stereocenters. The second-order valence-electron chi connectivity index (χ2n) is 4.62. The van der Waals surface area contributed by atoms with Crippen LogP contribution in [0.1, 0.15) is 24.4 Å². The zero-order valence-electron chi connectivity index (χ0n) is 10.3. The summed E-state index contributed by atoms with van der Waals surface area (Å²) in [6.07, 6.45) is 2.41. The Bertz CT molecular complexity index is 444. The predicted octanol–water partition coefficient (Wildman–Crippen LogP) is 0.927. The van der Waals surface area contributed by atoms with Gasteiger partial charge < -0.3 is 20.9 Å². The Morgan fingerprint density at radius 3 is 2.89 bits per heavy atom. The van der Waals surface area contributed by atoms with Crippen molar-refractivity contribution in [2.45, 2.75) is 18.9 Å². The molecule has 98 valence electrons. The Kier molecular flexibility index (Phi) is 3.72. The summed E-state index contributed by atoms with van der Waals surface area (Å²) in [5.41, 5.74) is 6.11. The molecule has 0 aromatic heterocycles. The van der Waals surface area contributed by atoms with Crippen LogP contribution in [0.5, 0.6) is 11.5 Å². The lowest BCUT2D eigenvalue weighted by Gasteiger charge is -2.16. The van der Waals surface area contributed by atoms with Gasteiger partial charge in [0.2, 0.25) is 5.91 Å². The van der Waals surface area contributed by atoms with Gasteiger partial charge in [0.05, 0.1) is 7.11 Å². The maximum atomic E-state index is 11.5. The molecule has 5 heteroatoms. The summed E-state index contributed by atoms with van der Waals surface area (Å²) in [5.74, 6) is 0.618. The number of phenols is 1. The van der Waals surface area contributed by atoms with E-state index < -0.39 is 11.9 Å². The van der Waals surface area contributed by atoms with E-state index in [4.69, 9.17) is 10.5 Å². The highest BCUT2D eigenvalue weighted by Gasteiger charge is 2.25. The normalized spacial score (nSPS) is 16.3. The summed E-state index contributed by atoms with van der Waals surface area (Å²) in [4.78, 5) is 11.5. The third kappa shape index (κ3) is 2.92. The Morgan fingerprint density at radius 1 is 1.61 bits per heavy atom. The highest BCUT2D eigenvalue weighted by Crippen LogP contribution is 2.31. The van der Waals surface area contributed by atoms with Crippen molar-refractivity contribution in [2.75, 3.05) is 13.7 Å². The molecule has 1 unspecified atom stereocenters. The average molecular weight is 250 g/mol. The lowest BCUT2D eigenvalue weighted by Crippen LogP contribution is -2.34. The molecule has 18 heavy (non-hydrogen) atoms. The van der Waals surface area contributed by atoms with E-state index >= 15 is 0 Å². The van der Waals surface area contributed by atoms with Crippen LogP contribution >= 0.6 is 0 Å². The lowest BCUT2D eigenvalue weighted by atomic mass is 10.1. The second-order valence-corrected chi connectivity index (χ2v) is 4.62. The number of primary amides is 1. The van der Waals surface area contributed by atoms with Crippen molar-refractivity contribution >= 4 is 5.91 Å². The molecule has 0 heterocycles. The van der Waals surface area contributed by atoms with Gasteiger partial charge >= 0.3 is 0 Å². The molecule has 0 spiro atoms. The van der Waals surface area contributed by atoms with Crippen LogP contribution in [0.15, 0.2) is 18.2 Å². The Hall–Kier alpha value is -1.75. The molecule has 0 aliphatic heterocycles. The lowest BCUT2D eigenvalue weighted by molar-refractivity contribution is -0.120. The first-order valence-corrected chi connectivity index (χ1v) is 6.01. The molecule has 0 radical (unpaired) electrons. The molecule has 5 nitrogen and oxygen atoms in total. The zero-order valence-corrected chi connectivity index (χ0v) is 10.3. The molecular weight excluding hydrogens is 232 g/mol. The SMILES string of the molecule is COc1cc(C(NCC2CC2)C(N)=O)ccc1O. The third-order valence-corrected chi connectivity index (χ3v) is 3.13. The average Bonchev–Trinajstić information content (AvgIpc) is 3.15. The van der Waals surface area contributed by atoms with E-state index in [1.807, 2.05) is 0 Å². The summed E-state index contributed by atoms with van der Waals surface area (Å²) in [5, 5.41) is 12.7. The number of hydrogen-bond acceptors (Lipinski definition) is 4. The minimum absolute atomic E-state index is 0.0478. The van der Waals surface area contributed by atoms with Crippen molar-refractivity contribution in [1.29, 1.82) is 0 Å². The predicted molar refractivity (Wildman–Crippen MR) is 67.3 cm³/mol. The number of rotatable bonds is 6. The van der Waals surface area contributed by atoms with Crippen LogP contribution < -0.4 is 15.8 Å². The first-order chi connectivity index (χ1) is 8.61. The molecule has 1 amide bonds. The number of nitrogens with one attached hydrogen (secondary N) is 1. The molecule has 1 aromatic carbocycles. The number of amides is 1. The minimum Gasteiger partial charge on any atom is -0.504 e. The minimum atomic E-state index is -0.542.